The van der Waals surface area contributed by atoms with E-state index in [2.05, 4.69) is 27.7 Å². The molecule has 0 spiro atoms. The molecule has 9 rings (SSSR count). The summed E-state index contributed by atoms with van der Waals surface area (Å²) in [4.78, 5) is 36.0. The Kier molecular flexibility index (Phi) is 11.2. The summed E-state index contributed by atoms with van der Waals surface area (Å²) >= 11 is 0. The number of carbonyl (C=O) groups is 2. The van der Waals surface area contributed by atoms with Crippen molar-refractivity contribution in [1.29, 1.82) is 0 Å². The first kappa shape index (κ1) is 39.8. The number of amides is 2. The summed E-state index contributed by atoms with van der Waals surface area (Å²) in [7, 11) is -2.07. The molecule has 0 saturated carbocycles. The smallest absolute Gasteiger partial charge is 0.259 e. The summed E-state index contributed by atoms with van der Waals surface area (Å²) in [5, 5.41) is 9.90. The van der Waals surface area contributed by atoms with Gasteiger partial charge in [-0.15, -0.1) is 12.4 Å². The minimum absolute atomic E-state index is 0. The van der Waals surface area contributed by atoms with Crippen molar-refractivity contribution in [1.82, 2.24) is 18.7 Å². The van der Waals surface area contributed by atoms with Crippen LogP contribution >= 0.6 is 12.4 Å². The third-order valence-corrected chi connectivity index (χ3v) is 13.9. The topological polar surface area (TPSA) is 116 Å². The SMILES string of the molecule is CN(C(=O)c1cc(-c2cc3c(cc2C(=O)N2Cc4ccccc4C[C@H]2CN2CCOCC2)CN(S(=O)(=O)c2ccccc2)C3)n2c1CCCC2)c1ccc(O)cc1.Cl. The number of aromatic hydroxyl groups is 1. The number of nitrogens with zero attached hydrogens (tertiary/aromatic N) is 5. The van der Waals surface area contributed by atoms with Crippen LogP contribution in [0.1, 0.15) is 61.5 Å². The number of sulfonamides is 1. The number of anilines is 1. The van der Waals surface area contributed by atoms with E-state index in [4.69, 9.17) is 4.74 Å². The van der Waals surface area contributed by atoms with Gasteiger partial charge in [0.15, 0.2) is 0 Å². The van der Waals surface area contributed by atoms with E-state index in [0.29, 0.717) is 55.1 Å². The summed E-state index contributed by atoms with van der Waals surface area (Å²) in [5.41, 5.74) is 8.17. The molecule has 13 heteroatoms. The van der Waals surface area contributed by atoms with E-state index < -0.39 is 10.0 Å². The van der Waals surface area contributed by atoms with Crippen LogP contribution in [0.15, 0.2) is 102 Å². The molecule has 0 radical (unpaired) electrons. The predicted octanol–water partition coefficient (Wildman–Crippen LogP) is 6.50. The lowest BCUT2D eigenvalue weighted by Gasteiger charge is -2.40. The molecule has 4 aliphatic rings. The van der Waals surface area contributed by atoms with E-state index in [1.165, 1.54) is 9.87 Å². The first-order valence-corrected chi connectivity index (χ1v) is 21.3. The lowest BCUT2D eigenvalue weighted by molar-refractivity contribution is 0.0193. The van der Waals surface area contributed by atoms with Gasteiger partial charge >= 0.3 is 0 Å². The van der Waals surface area contributed by atoms with Crippen LogP contribution in [0.2, 0.25) is 0 Å². The fourth-order valence-corrected chi connectivity index (χ4v) is 10.4. The number of halogens is 1. The summed E-state index contributed by atoms with van der Waals surface area (Å²) in [6.07, 6.45) is 3.31. The van der Waals surface area contributed by atoms with Crippen molar-refractivity contribution < 1.29 is 27.9 Å². The van der Waals surface area contributed by atoms with Crippen molar-refractivity contribution in [2.24, 2.45) is 0 Å². The number of ether oxygens (including phenoxy) is 1. The Balaban J connectivity index is 0.00000469. The molecular formula is C45H48ClN5O6S. The Morgan fingerprint density at radius 2 is 1.48 bits per heavy atom. The van der Waals surface area contributed by atoms with Gasteiger partial charge in [0.1, 0.15) is 5.75 Å². The molecule has 0 aliphatic carbocycles. The number of carbonyl (C=O) groups excluding carboxylic acids is 2. The van der Waals surface area contributed by atoms with Crippen molar-refractivity contribution in [2.75, 3.05) is 44.8 Å². The summed E-state index contributed by atoms with van der Waals surface area (Å²) in [6, 6.07) is 29.2. The van der Waals surface area contributed by atoms with Gasteiger partial charge in [-0.3, -0.25) is 14.5 Å². The number of hydrogen-bond acceptors (Lipinski definition) is 7. The Bertz CT molecular complexity index is 2450. The van der Waals surface area contributed by atoms with Crippen molar-refractivity contribution in [3.8, 4) is 17.0 Å². The highest BCUT2D eigenvalue weighted by atomic mass is 35.5. The number of phenolic OH excluding ortho intramolecular Hbond substituents is 1. The van der Waals surface area contributed by atoms with Crippen LogP contribution in [-0.2, 0) is 53.8 Å². The first-order valence-electron chi connectivity index (χ1n) is 19.8. The maximum Gasteiger partial charge on any atom is 0.259 e. The summed E-state index contributed by atoms with van der Waals surface area (Å²) < 4.78 is 37.2. The predicted molar refractivity (Wildman–Crippen MR) is 225 cm³/mol. The molecule has 11 nitrogen and oxygen atoms in total. The fourth-order valence-electron chi connectivity index (χ4n) is 9.00. The molecular weight excluding hydrogens is 774 g/mol. The van der Waals surface area contributed by atoms with Crippen LogP contribution in [0.3, 0.4) is 0 Å². The van der Waals surface area contributed by atoms with E-state index in [-0.39, 0.29) is 54.0 Å². The molecule has 1 fully saturated rings. The zero-order valence-electron chi connectivity index (χ0n) is 32.5. The summed E-state index contributed by atoms with van der Waals surface area (Å²) in [5.74, 6) is -0.160. The van der Waals surface area contributed by atoms with Gasteiger partial charge in [-0.1, -0.05) is 42.5 Å². The third kappa shape index (κ3) is 7.44. The second kappa shape index (κ2) is 16.3. The Morgan fingerprint density at radius 3 is 2.22 bits per heavy atom. The maximum atomic E-state index is 15.4. The molecule has 0 unspecified atom stereocenters. The van der Waals surface area contributed by atoms with Crippen LogP contribution < -0.4 is 4.90 Å². The largest absolute Gasteiger partial charge is 0.508 e. The van der Waals surface area contributed by atoms with Gasteiger partial charge in [-0.05, 0) is 103 Å². The van der Waals surface area contributed by atoms with Crippen LogP contribution in [0, 0.1) is 0 Å². The number of rotatable bonds is 8. The van der Waals surface area contributed by atoms with Crippen molar-refractivity contribution in [2.45, 2.75) is 62.8 Å². The van der Waals surface area contributed by atoms with Crippen molar-refractivity contribution in [3.05, 3.63) is 136 Å². The van der Waals surface area contributed by atoms with Crippen molar-refractivity contribution in [3.63, 3.8) is 0 Å². The van der Waals surface area contributed by atoms with Gasteiger partial charge in [0, 0.05) is 87.1 Å². The van der Waals surface area contributed by atoms with Gasteiger partial charge < -0.3 is 24.2 Å². The molecule has 4 aromatic carbocycles. The van der Waals surface area contributed by atoms with Crippen molar-refractivity contribution >= 4 is 39.9 Å². The minimum Gasteiger partial charge on any atom is -0.508 e. The van der Waals surface area contributed by atoms with Crippen LogP contribution in [-0.4, -0.2) is 89.9 Å². The van der Waals surface area contributed by atoms with Crippen LogP contribution in [0.25, 0.3) is 11.3 Å². The second-order valence-corrected chi connectivity index (χ2v) is 17.5. The number of hydrogen-bond donors (Lipinski definition) is 1. The average Bonchev–Trinajstić information content (AvgIpc) is 3.85. The standard InChI is InChI=1S/C45H47N5O6S.ClH/c1-46(35-14-16-37(51)17-15-35)44(52)41-26-43(49-18-8-7-13-42(41)49)39-24-33-27-48(57(54,55)38-11-3-2-4-12-38)28-34(33)25-40(39)45(53)50-29-32-10-6-5-9-31(32)23-36(50)30-47-19-21-56-22-20-47;/h2-6,9-12,14-17,24-26,36,51H,7-8,13,18-23,27-30H2,1H3;1H/t36-;/m0./s1. The zero-order valence-corrected chi connectivity index (χ0v) is 34.2. The van der Waals surface area contributed by atoms with Gasteiger partial charge in [0.25, 0.3) is 11.8 Å². The molecule has 1 atom stereocenters. The van der Waals surface area contributed by atoms with E-state index in [9.17, 15) is 18.3 Å². The molecule has 5 heterocycles. The minimum atomic E-state index is -3.80. The highest BCUT2D eigenvalue weighted by molar-refractivity contribution is 7.89. The van der Waals surface area contributed by atoms with E-state index in [1.807, 2.05) is 29.2 Å². The average molecular weight is 822 g/mol. The molecule has 1 N–H and O–H groups in total. The van der Waals surface area contributed by atoms with Gasteiger partial charge in [0.2, 0.25) is 10.0 Å². The number of morpholine rings is 1. The van der Waals surface area contributed by atoms with E-state index >= 15 is 4.79 Å². The molecule has 1 saturated heterocycles. The fraction of sp³-hybridized carbons (Fsp3) is 0.333. The highest BCUT2D eigenvalue weighted by Gasteiger charge is 2.37. The van der Waals surface area contributed by atoms with Crippen LogP contribution in [0.5, 0.6) is 5.75 Å². The van der Waals surface area contributed by atoms with E-state index in [1.54, 1.807) is 66.5 Å². The Labute approximate surface area is 345 Å². The van der Waals surface area contributed by atoms with Gasteiger partial charge in [-0.25, -0.2) is 8.42 Å². The lowest BCUT2D eigenvalue weighted by Crippen LogP contribution is -2.52. The van der Waals surface area contributed by atoms with Gasteiger partial charge in [-0.2, -0.15) is 4.31 Å². The summed E-state index contributed by atoms with van der Waals surface area (Å²) in [6.45, 7) is 5.14. The molecule has 5 aromatic rings. The first-order chi connectivity index (χ1) is 27.7. The quantitative estimate of drug-likeness (QED) is 0.190. The van der Waals surface area contributed by atoms with Gasteiger partial charge in [0.05, 0.1) is 23.7 Å². The molecule has 58 heavy (non-hydrogen) atoms. The maximum absolute atomic E-state index is 15.4. The number of fused-ring (bicyclic) bond motifs is 3. The normalized spacial score (nSPS) is 18.2. The number of benzene rings is 4. The van der Waals surface area contributed by atoms with E-state index in [0.717, 1.165) is 67.0 Å². The molecule has 0 bridgehead atoms. The molecule has 1 aromatic heterocycles. The monoisotopic (exact) mass is 821 g/mol. The molecule has 4 aliphatic heterocycles. The lowest BCUT2D eigenvalue weighted by atomic mass is 9.91. The second-order valence-electron chi connectivity index (χ2n) is 15.6. The number of aromatic nitrogens is 1. The number of phenols is 1. The Hall–Kier alpha value is -4.98. The Morgan fingerprint density at radius 1 is 0.793 bits per heavy atom. The molecule has 2 amide bonds. The highest BCUT2D eigenvalue weighted by Crippen LogP contribution is 2.39. The van der Waals surface area contributed by atoms with Crippen LogP contribution in [0.4, 0.5) is 5.69 Å². The molecule has 302 valence electrons. The third-order valence-electron chi connectivity index (χ3n) is 12.1. The zero-order chi connectivity index (χ0) is 39.3.